The third kappa shape index (κ3) is 1.64. The van der Waals surface area contributed by atoms with Gasteiger partial charge in [0.25, 0.3) is 0 Å². The van der Waals surface area contributed by atoms with Crippen molar-refractivity contribution in [1.82, 2.24) is 5.32 Å². The quantitative estimate of drug-likeness (QED) is 0.622. The second kappa shape index (κ2) is 3.22. The molecule has 1 saturated heterocycles. The lowest BCUT2D eigenvalue weighted by atomic mass is 9.86. The molecule has 1 aliphatic heterocycles. The molecule has 12 heavy (non-hydrogen) atoms. The number of hydrogen-bond donors (Lipinski definition) is 1. The van der Waals surface area contributed by atoms with Crippen molar-refractivity contribution in [2.45, 2.75) is 49.7 Å². The average molecular weight is 185 g/mol. The van der Waals surface area contributed by atoms with Crippen molar-refractivity contribution in [2.24, 2.45) is 5.92 Å². The molecule has 2 rings (SSSR count). The van der Waals surface area contributed by atoms with Gasteiger partial charge in [0, 0.05) is 11.8 Å². The van der Waals surface area contributed by atoms with Gasteiger partial charge in [-0.2, -0.15) is 0 Å². The molecule has 0 aromatic rings. The summed E-state index contributed by atoms with van der Waals surface area (Å²) in [6.07, 6.45) is 5.65. The monoisotopic (exact) mass is 185 g/mol. The molecule has 2 fully saturated rings. The minimum atomic E-state index is 0.483. The third-order valence-electron chi connectivity index (χ3n) is 3.09. The molecule has 0 amide bonds. The van der Waals surface area contributed by atoms with Gasteiger partial charge in [-0.05, 0) is 18.8 Å². The van der Waals surface area contributed by atoms with E-state index in [1.54, 1.807) is 0 Å². The molecule has 0 aromatic carbocycles. The van der Waals surface area contributed by atoms with Crippen LogP contribution in [0.4, 0.5) is 0 Å². The lowest BCUT2D eigenvalue weighted by molar-refractivity contribution is 0.285. The van der Waals surface area contributed by atoms with Crippen LogP contribution in [0.15, 0.2) is 0 Å². The molecule has 0 bridgehead atoms. The molecule has 0 aromatic heterocycles. The summed E-state index contributed by atoms with van der Waals surface area (Å²) in [4.78, 5) is 0.483. The maximum absolute atomic E-state index is 3.72. The van der Waals surface area contributed by atoms with Crippen LogP contribution >= 0.6 is 11.8 Å². The number of thioether (sulfide) groups is 1. The highest BCUT2D eigenvalue weighted by molar-refractivity contribution is 8.01. The largest absolute Gasteiger partial charge is 0.302 e. The fraction of sp³-hybridized carbons (Fsp3) is 1.00. The molecule has 70 valence electrons. The predicted molar refractivity (Wildman–Crippen MR) is 55.4 cm³/mol. The number of rotatable bonds is 0. The van der Waals surface area contributed by atoms with Crippen molar-refractivity contribution in [3.8, 4) is 0 Å². The van der Waals surface area contributed by atoms with Crippen LogP contribution in [0, 0.1) is 5.92 Å². The molecule has 1 saturated carbocycles. The van der Waals surface area contributed by atoms with Crippen molar-refractivity contribution in [1.29, 1.82) is 0 Å². The van der Waals surface area contributed by atoms with Crippen LogP contribution < -0.4 is 5.32 Å². The lowest BCUT2D eigenvalue weighted by Gasteiger charge is -2.36. The summed E-state index contributed by atoms with van der Waals surface area (Å²) in [6.45, 7) is 5.95. The van der Waals surface area contributed by atoms with Gasteiger partial charge in [-0.15, -0.1) is 11.8 Å². The molecule has 1 aliphatic carbocycles. The van der Waals surface area contributed by atoms with Gasteiger partial charge in [-0.3, -0.25) is 0 Å². The fourth-order valence-corrected chi connectivity index (χ4v) is 4.32. The third-order valence-corrected chi connectivity index (χ3v) is 4.63. The van der Waals surface area contributed by atoms with E-state index in [4.69, 9.17) is 0 Å². The Labute approximate surface area is 79.7 Å². The normalized spacial score (nSPS) is 48.5. The Balaban J connectivity index is 2.00. The zero-order chi connectivity index (χ0) is 8.60. The van der Waals surface area contributed by atoms with E-state index in [0.717, 1.165) is 11.2 Å². The maximum Gasteiger partial charge on any atom is 0.0651 e. The second-order valence-corrected chi connectivity index (χ2v) is 6.33. The minimum absolute atomic E-state index is 0.483. The van der Waals surface area contributed by atoms with Crippen LogP contribution in [-0.4, -0.2) is 16.7 Å². The SMILES string of the molecule is CC1CCCC2(C1)NCC(C)S2. The van der Waals surface area contributed by atoms with Gasteiger partial charge < -0.3 is 5.32 Å². The zero-order valence-electron chi connectivity index (χ0n) is 8.10. The molecule has 1 nitrogen and oxygen atoms in total. The highest BCUT2D eigenvalue weighted by Gasteiger charge is 2.40. The van der Waals surface area contributed by atoms with Crippen molar-refractivity contribution in [3.63, 3.8) is 0 Å². The summed E-state index contributed by atoms with van der Waals surface area (Å²) >= 11 is 2.18. The summed E-state index contributed by atoms with van der Waals surface area (Å²) < 4.78 is 0. The van der Waals surface area contributed by atoms with Gasteiger partial charge in [0.1, 0.15) is 0 Å². The van der Waals surface area contributed by atoms with E-state index in [-0.39, 0.29) is 0 Å². The summed E-state index contributed by atoms with van der Waals surface area (Å²) in [5.41, 5.74) is 0. The van der Waals surface area contributed by atoms with Crippen LogP contribution in [0.3, 0.4) is 0 Å². The first kappa shape index (κ1) is 8.89. The van der Waals surface area contributed by atoms with E-state index in [9.17, 15) is 0 Å². The molecule has 3 unspecified atom stereocenters. The second-order valence-electron chi connectivity index (χ2n) is 4.51. The first-order valence-electron chi connectivity index (χ1n) is 5.13. The average Bonchev–Trinajstić information content (AvgIpc) is 2.32. The van der Waals surface area contributed by atoms with E-state index in [2.05, 4.69) is 30.9 Å². The van der Waals surface area contributed by atoms with E-state index in [1.165, 1.54) is 32.2 Å². The number of hydrogen-bond acceptors (Lipinski definition) is 2. The Bertz CT molecular complexity index is 167. The molecule has 0 radical (unpaired) electrons. The molecule has 1 heterocycles. The Hall–Kier alpha value is 0.310. The van der Waals surface area contributed by atoms with Crippen molar-refractivity contribution in [3.05, 3.63) is 0 Å². The predicted octanol–water partition coefficient (Wildman–Crippen LogP) is 2.62. The van der Waals surface area contributed by atoms with Gasteiger partial charge >= 0.3 is 0 Å². The van der Waals surface area contributed by atoms with Gasteiger partial charge in [0.05, 0.1) is 4.87 Å². The lowest BCUT2D eigenvalue weighted by Crippen LogP contribution is -2.41. The molecule has 1 spiro atoms. The van der Waals surface area contributed by atoms with Crippen LogP contribution in [0.25, 0.3) is 0 Å². The van der Waals surface area contributed by atoms with Crippen LogP contribution in [0.5, 0.6) is 0 Å². The van der Waals surface area contributed by atoms with Gasteiger partial charge in [0.2, 0.25) is 0 Å². The molecule has 2 aliphatic rings. The molecule has 1 N–H and O–H groups in total. The zero-order valence-corrected chi connectivity index (χ0v) is 8.91. The first-order chi connectivity index (χ1) is 5.70. The van der Waals surface area contributed by atoms with Crippen LogP contribution in [-0.2, 0) is 0 Å². The standard InChI is InChI=1S/C10H19NS/c1-8-4-3-5-10(6-8)11-7-9(2)12-10/h8-9,11H,3-7H2,1-2H3. The van der Waals surface area contributed by atoms with Crippen LogP contribution in [0.1, 0.15) is 39.5 Å². The first-order valence-corrected chi connectivity index (χ1v) is 6.01. The Morgan fingerprint density at radius 1 is 1.42 bits per heavy atom. The highest BCUT2D eigenvalue weighted by atomic mass is 32.2. The van der Waals surface area contributed by atoms with Crippen molar-refractivity contribution in [2.75, 3.05) is 6.54 Å². The van der Waals surface area contributed by atoms with Crippen LogP contribution in [0.2, 0.25) is 0 Å². The molecular formula is C10H19NS. The minimum Gasteiger partial charge on any atom is -0.302 e. The maximum atomic E-state index is 3.72. The Morgan fingerprint density at radius 3 is 2.83 bits per heavy atom. The van der Waals surface area contributed by atoms with Gasteiger partial charge in [-0.1, -0.05) is 26.7 Å². The Morgan fingerprint density at radius 2 is 2.25 bits per heavy atom. The molecular weight excluding hydrogens is 166 g/mol. The van der Waals surface area contributed by atoms with Crippen molar-refractivity contribution < 1.29 is 0 Å². The summed E-state index contributed by atoms with van der Waals surface area (Å²) in [6, 6.07) is 0. The van der Waals surface area contributed by atoms with E-state index in [1.807, 2.05) is 0 Å². The fourth-order valence-electron chi connectivity index (χ4n) is 2.57. The van der Waals surface area contributed by atoms with Gasteiger partial charge in [0.15, 0.2) is 0 Å². The van der Waals surface area contributed by atoms with E-state index in [0.29, 0.717) is 4.87 Å². The van der Waals surface area contributed by atoms with E-state index >= 15 is 0 Å². The molecule has 3 atom stereocenters. The highest BCUT2D eigenvalue weighted by Crippen LogP contribution is 2.45. The summed E-state index contributed by atoms with van der Waals surface area (Å²) in [7, 11) is 0. The smallest absolute Gasteiger partial charge is 0.0651 e. The van der Waals surface area contributed by atoms with Crippen molar-refractivity contribution >= 4 is 11.8 Å². The van der Waals surface area contributed by atoms with E-state index < -0.39 is 0 Å². The Kier molecular flexibility index (Phi) is 2.39. The summed E-state index contributed by atoms with van der Waals surface area (Å²) in [5.74, 6) is 0.934. The number of nitrogens with one attached hydrogen (secondary N) is 1. The topological polar surface area (TPSA) is 12.0 Å². The summed E-state index contributed by atoms with van der Waals surface area (Å²) in [5, 5.41) is 4.54. The molecule has 2 heteroatoms. The van der Waals surface area contributed by atoms with Gasteiger partial charge in [-0.25, -0.2) is 0 Å².